The van der Waals surface area contributed by atoms with E-state index in [-0.39, 0.29) is 0 Å². The summed E-state index contributed by atoms with van der Waals surface area (Å²) in [7, 11) is 0. The summed E-state index contributed by atoms with van der Waals surface area (Å²) >= 11 is 0. The van der Waals surface area contributed by atoms with Crippen LogP contribution in [0.15, 0.2) is 18.2 Å². The normalized spacial score (nSPS) is 11.0. The molecular weight excluding hydrogens is 246 g/mol. The zero-order chi connectivity index (χ0) is 14.6. The first-order chi connectivity index (χ1) is 9.80. The summed E-state index contributed by atoms with van der Waals surface area (Å²) in [5, 5.41) is 3.36. The zero-order valence-corrected chi connectivity index (χ0v) is 13.5. The van der Waals surface area contributed by atoms with Crippen molar-refractivity contribution in [3.8, 4) is 0 Å². The minimum atomic E-state index is 0.974. The standard InChI is InChI=1S/C17H31N3/c1-4-7-13-20(14-8-5-2)15-16-10-9-11-17(19-16)18-12-6-3/h9-11H,4-8,12-15H2,1-3H3,(H,18,19). The summed E-state index contributed by atoms with van der Waals surface area (Å²) in [5.41, 5.74) is 1.18. The molecule has 1 aromatic rings. The maximum Gasteiger partial charge on any atom is 0.126 e. The van der Waals surface area contributed by atoms with Crippen LogP contribution in [0.2, 0.25) is 0 Å². The molecule has 0 aliphatic carbocycles. The SMILES string of the molecule is CCCCN(CCCC)Cc1cccc(NCCC)n1. The van der Waals surface area contributed by atoms with Crippen molar-refractivity contribution in [2.24, 2.45) is 0 Å². The first-order valence-corrected chi connectivity index (χ1v) is 8.22. The fourth-order valence-electron chi connectivity index (χ4n) is 2.18. The molecule has 3 nitrogen and oxygen atoms in total. The fourth-order valence-corrected chi connectivity index (χ4v) is 2.18. The molecule has 0 saturated carbocycles. The van der Waals surface area contributed by atoms with Crippen molar-refractivity contribution < 1.29 is 0 Å². The molecular formula is C17H31N3. The third-order valence-corrected chi connectivity index (χ3v) is 3.40. The second-order valence-electron chi connectivity index (χ2n) is 5.42. The van der Waals surface area contributed by atoms with Crippen molar-refractivity contribution in [3.63, 3.8) is 0 Å². The summed E-state index contributed by atoms with van der Waals surface area (Å²) in [6.45, 7) is 11.0. The summed E-state index contributed by atoms with van der Waals surface area (Å²) in [6, 6.07) is 6.31. The van der Waals surface area contributed by atoms with Crippen molar-refractivity contribution in [3.05, 3.63) is 23.9 Å². The number of anilines is 1. The summed E-state index contributed by atoms with van der Waals surface area (Å²) in [6.07, 6.45) is 6.20. The lowest BCUT2D eigenvalue weighted by atomic mass is 10.2. The van der Waals surface area contributed by atoms with E-state index in [4.69, 9.17) is 4.98 Å². The predicted octanol–water partition coefficient (Wildman–Crippen LogP) is 4.31. The Balaban J connectivity index is 2.56. The molecule has 114 valence electrons. The van der Waals surface area contributed by atoms with Gasteiger partial charge < -0.3 is 5.32 Å². The van der Waals surface area contributed by atoms with E-state index >= 15 is 0 Å². The second kappa shape index (κ2) is 10.7. The quantitative estimate of drug-likeness (QED) is 0.653. The molecule has 0 bridgehead atoms. The lowest BCUT2D eigenvalue weighted by Gasteiger charge is -2.21. The van der Waals surface area contributed by atoms with Gasteiger partial charge in [0, 0.05) is 13.1 Å². The van der Waals surface area contributed by atoms with Gasteiger partial charge in [-0.1, -0.05) is 39.7 Å². The van der Waals surface area contributed by atoms with E-state index in [9.17, 15) is 0 Å². The Morgan fingerprint density at radius 2 is 1.70 bits per heavy atom. The maximum atomic E-state index is 4.71. The molecule has 0 radical (unpaired) electrons. The number of nitrogens with zero attached hydrogens (tertiary/aromatic N) is 2. The molecule has 0 fully saturated rings. The van der Waals surface area contributed by atoms with Gasteiger partial charge in [-0.05, 0) is 44.5 Å². The van der Waals surface area contributed by atoms with Crippen LogP contribution in [-0.4, -0.2) is 29.5 Å². The Morgan fingerprint density at radius 1 is 1.00 bits per heavy atom. The van der Waals surface area contributed by atoms with Gasteiger partial charge in [0.05, 0.1) is 5.69 Å². The smallest absolute Gasteiger partial charge is 0.126 e. The third kappa shape index (κ3) is 6.90. The molecule has 1 rings (SSSR count). The first kappa shape index (κ1) is 17.0. The molecule has 0 aromatic carbocycles. The molecule has 1 aromatic heterocycles. The number of hydrogen-bond donors (Lipinski definition) is 1. The van der Waals surface area contributed by atoms with E-state index in [1.54, 1.807) is 0 Å². The number of unbranched alkanes of at least 4 members (excludes halogenated alkanes) is 2. The van der Waals surface area contributed by atoms with Crippen molar-refractivity contribution in [2.75, 3.05) is 25.0 Å². The van der Waals surface area contributed by atoms with Crippen LogP contribution in [0.4, 0.5) is 5.82 Å². The monoisotopic (exact) mass is 277 g/mol. The van der Waals surface area contributed by atoms with Gasteiger partial charge in [0.2, 0.25) is 0 Å². The lowest BCUT2D eigenvalue weighted by Crippen LogP contribution is -2.26. The summed E-state index contributed by atoms with van der Waals surface area (Å²) < 4.78 is 0. The highest BCUT2D eigenvalue weighted by Gasteiger charge is 2.06. The highest BCUT2D eigenvalue weighted by molar-refractivity contribution is 5.35. The minimum absolute atomic E-state index is 0.974. The Hall–Kier alpha value is -1.09. The van der Waals surface area contributed by atoms with E-state index in [1.165, 1.54) is 44.5 Å². The first-order valence-electron chi connectivity index (χ1n) is 8.22. The van der Waals surface area contributed by atoms with E-state index in [1.807, 2.05) is 0 Å². The number of rotatable bonds is 11. The van der Waals surface area contributed by atoms with Crippen LogP contribution in [0.5, 0.6) is 0 Å². The van der Waals surface area contributed by atoms with Crippen LogP contribution in [-0.2, 0) is 6.54 Å². The lowest BCUT2D eigenvalue weighted by molar-refractivity contribution is 0.254. The Kier molecular flexibility index (Phi) is 9.05. The third-order valence-electron chi connectivity index (χ3n) is 3.40. The summed E-state index contributed by atoms with van der Waals surface area (Å²) in [4.78, 5) is 7.25. The number of hydrogen-bond acceptors (Lipinski definition) is 3. The molecule has 1 heterocycles. The van der Waals surface area contributed by atoms with E-state index in [0.717, 1.165) is 25.3 Å². The van der Waals surface area contributed by atoms with E-state index in [0.29, 0.717) is 0 Å². The summed E-state index contributed by atoms with van der Waals surface area (Å²) in [5.74, 6) is 1.01. The highest BCUT2D eigenvalue weighted by Crippen LogP contribution is 2.09. The van der Waals surface area contributed by atoms with Gasteiger partial charge in [-0.3, -0.25) is 4.90 Å². The van der Waals surface area contributed by atoms with Crippen LogP contribution < -0.4 is 5.32 Å². The molecule has 0 unspecified atom stereocenters. The second-order valence-corrected chi connectivity index (χ2v) is 5.42. The van der Waals surface area contributed by atoms with Gasteiger partial charge in [0.1, 0.15) is 5.82 Å². The number of nitrogens with one attached hydrogen (secondary N) is 1. The number of pyridine rings is 1. The van der Waals surface area contributed by atoms with Crippen LogP contribution in [0, 0.1) is 0 Å². The van der Waals surface area contributed by atoms with E-state index in [2.05, 4.69) is 49.2 Å². The highest BCUT2D eigenvalue weighted by atomic mass is 15.1. The maximum absolute atomic E-state index is 4.71. The number of aromatic nitrogens is 1. The van der Waals surface area contributed by atoms with E-state index < -0.39 is 0 Å². The predicted molar refractivity (Wildman–Crippen MR) is 88.1 cm³/mol. The van der Waals surface area contributed by atoms with Crippen LogP contribution in [0.3, 0.4) is 0 Å². The van der Waals surface area contributed by atoms with Gasteiger partial charge in [-0.2, -0.15) is 0 Å². The average molecular weight is 277 g/mol. The largest absolute Gasteiger partial charge is 0.370 e. The van der Waals surface area contributed by atoms with Gasteiger partial charge in [-0.25, -0.2) is 4.98 Å². The van der Waals surface area contributed by atoms with Gasteiger partial charge in [0.15, 0.2) is 0 Å². The average Bonchev–Trinajstić information content (AvgIpc) is 2.48. The Bertz CT molecular complexity index is 344. The fraction of sp³-hybridized carbons (Fsp3) is 0.706. The van der Waals surface area contributed by atoms with Crippen LogP contribution >= 0.6 is 0 Å². The van der Waals surface area contributed by atoms with Crippen LogP contribution in [0.25, 0.3) is 0 Å². The van der Waals surface area contributed by atoms with Crippen molar-refractivity contribution >= 4 is 5.82 Å². The molecule has 3 heteroatoms. The van der Waals surface area contributed by atoms with Crippen molar-refractivity contribution in [1.29, 1.82) is 0 Å². The van der Waals surface area contributed by atoms with Crippen LogP contribution in [0.1, 0.15) is 58.6 Å². The Labute approximate surface area is 124 Å². The molecule has 0 amide bonds. The minimum Gasteiger partial charge on any atom is -0.370 e. The molecule has 0 aliphatic heterocycles. The Morgan fingerprint density at radius 3 is 2.30 bits per heavy atom. The molecule has 0 atom stereocenters. The molecule has 1 N–H and O–H groups in total. The molecule has 0 saturated heterocycles. The van der Waals surface area contributed by atoms with Crippen molar-refractivity contribution in [2.45, 2.75) is 59.4 Å². The molecule has 0 spiro atoms. The zero-order valence-electron chi connectivity index (χ0n) is 13.5. The topological polar surface area (TPSA) is 28.2 Å². The van der Waals surface area contributed by atoms with Gasteiger partial charge in [-0.15, -0.1) is 0 Å². The molecule has 0 aliphatic rings. The molecule has 20 heavy (non-hydrogen) atoms. The van der Waals surface area contributed by atoms with Gasteiger partial charge in [0.25, 0.3) is 0 Å². The van der Waals surface area contributed by atoms with Crippen molar-refractivity contribution in [1.82, 2.24) is 9.88 Å². The van der Waals surface area contributed by atoms with Gasteiger partial charge >= 0.3 is 0 Å².